The molecule has 1 unspecified atom stereocenters. The Bertz CT molecular complexity index is 663. The average Bonchev–Trinajstić information content (AvgIpc) is 2.86. The van der Waals surface area contributed by atoms with Crippen LogP contribution in [-0.4, -0.2) is 28.0 Å². The smallest absolute Gasteiger partial charge is 0.264 e. The molecule has 0 bridgehead atoms. The number of nitrogens with zero attached hydrogens (tertiary/aromatic N) is 3. The van der Waals surface area contributed by atoms with Gasteiger partial charge in [-0.25, -0.2) is 0 Å². The van der Waals surface area contributed by atoms with Gasteiger partial charge in [0.2, 0.25) is 0 Å². The van der Waals surface area contributed by atoms with Gasteiger partial charge in [-0.1, -0.05) is 13.8 Å². The van der Waals surface area contributed by atoms with Gasteiger partial charge in [0.25, 0.3) is 5.91 Å². The van der Waals surface area contributed by atoms with Crippen LogP contribution in [0.25, 0.3) is 6.08 Å². The molecule has 4 heteroatoms. The Balaban J connectivity index is 2.31. The predicted octanol–water partition coefficient (Wildman–Crippen LogP) is 4.21. The first-order valence-corrected chi connectivity index (χ1v) is 9.12. The summed E-state index contributed by atoms with van der Waals surface area (Å²) in [5.74, 6) is -0.107. The Labute approximate surface area is 145 Å². The fourth-order valence-electron chi connectivity index (χ4n) is 3.69. The normalized spacial score (nSPS) is 18.5. The van der Waals surface area contributed by atoms with Gasteiger partial charge in [-0.2, -0.15) is 5.26 Å². The van der Waals surface area contributed by atoms with Crippen LogP contribution in [-0.2, 0) is 11.3 Å². The van der Waals surface area contributed by atoms with Crippen LogP contribution in [0.3, 0.4) is 0 Å². The summed E-state index contributed by atoms with van der Waals surface area (Å²) < 4.78 is 2.25. The van der Waals surface area contributed by atoms with Crippen LogP contribution in [0.2, 0.25) is 0 Å². The molecular weight excluding hydrogens is 298 g/mol. The van der Waals surface area contributed by atoms with Crippen molar-refractivity contribution >= 4 is 12.0 Å². The highest BCUT2D eigenvalue weighted by atomic mass is 16.2. The van der Waals surface area contributed by atoms with E-state index in [4.69, 9.17) is 0 Å². The third-order valence-electron chi connectivity index (χ3n) is 5.07. The lowest BCUT2D eigenvalue weighted by Crippen LogP contribution is -2.43. The van der Waals surface area contributed by atoms with E-state index in [-0.39, 0.29) is 17.5 Å². The summed E-state index contributed by atoms with van der Waals surface area (Å²) >= 11 is 0. The first kappa shape index (κ1) is 18.3. The lowest BCUT2D eigenvalue weighted by molar-refractivity contribution is -0.130. The van der Waals surface area contributed by atoms with Crippen molar-refractivity contribution in [2.75, 3.05) is 6.54 Å². The van der Waals surface area contributed by atoms with Crippen LogP contribution in [0.1, 0.15) is 62.9 Å². The quantitative estimate of drug-likeness (QED) is 0.601. The number of likely N-dealkylation sites (tertiary alicyclic amines) is 1. The van der Waals surface area contributed by atoms with Crippen molar-refractivity contribution in [3.63, 3.8) is 0 Å². The van der Waals surface area contributed by atoms with Crippen LogP contribution in [0.5, 0.6) is 0 Å². The third kappa shape index (κ3) is 3.72. The van der Waals surface area contributed by atoms with Gasteiger partial charge in [-0.15, -0.1) is 0 Å². The molecule has 1 saturated heterocycles. The average molecular weight is 327 g/mol. The molecule has 2 heterocycles. The molecule has 1 amide bonds. The maximum atomic E-state index is 12.9. The van der Waals surface area contributed by atoms with Crippen molar-refractivity contribution in [1.82, 2.24) is 9.47 Å². The molecule has 1 aliphatic rings. The Morgan fingerprint density at radius 2 is 2.12 bits per heavy atom. The van der Waals surface area contributed by atoms with Crippen molar-refractivity contribution in [3.05, 3.63) is 28.6 Å². The first-order chi connectivity index (χ1) is 11.5. The van der Waals surface area contributed by atoms with E-state index in [0.29, 0.717) is 0 Å². The summed E-state index contributed by atoms with van der Waals surface area (Å²) in [5, 5.41) is 9.55. The SMILES string of the molecule is CCCn1c(C)cc(/C=C(/C#N)C(=O)N2CCCCC2CC)c1C. The van der Waals surface area contributed by atoms with E-state index in [1.165, 1.54) is 12.1 Å². The Hall–Kier alpha value is -2.02. The summed E-state index contributed by atoms with van der Waals surface area (Å²) in [5.41, 5.74) is 3.54. The first-order valence-electron chi connectivity index (χ1n) is 9.12. The van der Waals surface area contributed by atoms with Gasteiger partial charge in [0.15, 0.2) is 0 Å². The molecule has 0 N–H and O–H groups in total. The zero-order chi connectivity index (χ0) is 17.7. The number of rotatable bonds is 5. The van der Waals surface area contributed by atoms with Crippen molar-refractivity contribution in [1.29, 1.82) is 5.26 Å². The van der Waals surface area contributed by atoms with E-state index in [2.05, 4.69) is 44.4 Å². The van der Waals surface area contributed by atoms with Crippen LogP contribution in [0.4, 0.5) is 0 Å². The standard InChI is InChI=1S/C20H29N3O/c1-5-10-22-15(3)12-17(16(22)4)13-18(14-21)20(24)23-11-8-7-9-19(23)6-2/h12-13,19H,5-11H2,1-4H3/b18-13-. The van der Waals surface area contributed by atoms with Crippen molar-refractivity contribution < 1.29 is 4.79 Å². The summed E-state index contributed by atoms with van der Waals surface area (Å²) in [6, 6.07) is 4.49. The maximum Gasteiger partial charge on any atom is 0.264 e. The summed E-state index contributed by atoms with van der Waals surface area (Å²) in [7, 11) is 0. The Kier molecular flexibility index (Phi) is 6.25. The van der Waals surface area contributed by atoms with E-state index in [1.807, 2.05) is 4.90 Å². The van der Waals surface area contributed by atoms with E-state index in [0.717, 1.165) is 50.0 Å². The van der Waals surface area contributed by atoms with Crippen molar-refractivity contribution in [2.45, 2.75) is 72.4 Å². The number of aryl methyl sites for hydroxylation is 1. The number of amides is 1. The number of carbonyl (C=O) groups excluding carboxylic acids is 1. The molecule has 1 aliphatic heterocycles. The summed E-state index contributed by atoms with van der Waals surface area (Å²) in [6.45, 7) is 10.1. The number of carbonyl (C=O) groups is 1. The molecule has 1 aromatic heterocycles. The molecule has 1 aromatic rings. The van der Waals surface area contributed by atoms with Gasteiger partial charge in [-0.05, 0) is 63.7 Å². The van der Waals surface area contributed by atoms with E-state index in [1.54, 1.807) is 6.08 Å². The monoisotopic (exact) mass is 327 g/mol. The van der Waals surface area contributed by atoms with E-state index < -0.39 is 0 Å². The minimum Gasteiger partial charge on any atom is -0.349 e. The topological polar surface area (TPSA) is 49.0 Å². The largest absolute Gasteiger partial charge is 0.349 e. The predicted molar refractivity (Wildman–Crippen MR) is 97.4 cm³/mol. The van der Waals surface area contributed by atoms with E-state index in [9.17, 15) is 10.1 Å². The highest BCUT2D eigenvalue weighted by Gasteiger charge is 2.27. The molecule has 2 rings (SSSR count). The highest BCUT2D eigenvalue weighted by Crippen LogP contribution is 2.23. The highest BCUT2D eigenvalue weighted by molar-refractivity contribution is 6.02. The van der Waals surface area contributed by atoms with Crippen LogP contribution in [0.15, 0.2) is 11.6 Å². The van der Waals surface area contributed by atoms with E-state index >= 15 is 0 Å². The number of hydrogen-bond donors (Lipinski definition) is 0. The van der Waals surface area contributed by atoms with Gasteiger partial charge in [-0.3, -0.25) is 4.79 Å². The fraction of sp³-hybridized carbons (Fsp3) is 0.600. The minimum atomic E-state index is -0.107. The number of hydrogen-bond acceptors (Lipinski definition) is 2. The zero-order valence-electron chi connectivity index (χ0n) is 15.4. The van der Waals surface area contributed by atoms with Gasteiger partial charge in [0.05, 0.1) is 0 Å². The van der Waals surface area contributed by atoms with Crippen molar-refractivity contribution in [3.8, 4) is 6.07 Å². The van der Waals surface area contributed by atoms with Gasteiger partial charge < -0.3 is 9.47 Å². The molecule has 130 valence electrons. The third-order valence-corrected chi connectivity index (χ3v) is 5.07. The Morgan fingerprint density at radius 3 is 2.75 bits per heavy atom. The second-order valence-corrected chi connectivity index (χ2v) is 6.70. The molecule has 0 aromatic carbocycles. The lowest BCUT2D eigenvalue weighted by atomic mass is 9.98. The molecular formula is C20H29N3O. The van der Waals surface area contributed by atoms with Gasteiger partial charge in [0.1, 0.15) is 11.6 Å². The molecule has 4 nitrogen and oxygen atoms in total. The molecule has 1 atom stereocenters. The van der Waals surface area contributed by atoms with Crippen LogP contribution in [0, 0.1) is 25.2 Å². The molecule has 0 aliphatic carbocycles. The molecule has 0 saturated carbocycles. The number of piperidine rings is 1. The minimum absolute atomic E-state index is 0.107. The van der Waals surface area contributed by atoms with Gasteiger partial charge >= 0.3 is 0 Å². The summed E-state index contributed by atoms with van der Waals surface area (Å²) in [4.78, 5) is 14.8. The van der Waals surface area contributed by atoms with Crippen LogP contribution < -0.4 is 0 Å². The van der Waals surface area contributed by atoms with Crippen LogP contribution >= 0.6 is 0 Å². The maximum absolute atomic E-state index is 12.9. The fourth-order valence-corrected chi connectivity index (χ4v) is 3.69. The van der Waals surface area contributed by atoms with Gasteiger partial charge in [0, 0.05) is 30.5 Å². The molecule has 1 fully saturated rings. The Morgan fingerprint density at radius 1 is 1.38 bits per heavy atom. The molecule has 0 radical (unpaired) electrons. The second kappa shape index (κ2) is 8.19. The lowest BCUT2D eigenvalue weighted by Gasteiger charge is -2.35. The zero-order valence-corrected chi connectivity index (χ0v) is 15.4. The number of nitriles is 1. The molecule has 24 heavy (non-hydrogen) atoms. The molecule has 0 spiro atoms. The van der Waals surface area contributed by atoms with Crippen molar-refractivity contribution in [2.24, 2.45) is 0 Å². The summed E-state index contributed by atoms with van der Waals surface area (Å²) in [6.07, 6.45) is 7.05. The number of aromatic nitrogens is 1. The second-order valence-electron chi connectivity index (χ2n) is 6.70.